The number of hydrogen-bond acceptors (Lipinski definition) is 3. The van der Waals surface area contributed by atoms with Crippen LogP contribution in [0.5, 0.6) is 11.5 Å². The third-order valence-electron chi connectivity index (χ3n) is 3.12. The summed E-state index contributed by atoms with van der Waals surface area (Å²) in [5.74, 6) is 0.584. The molecule has 0 saturated carbocycles. The normalized spacial score (nSPS) is 10.4. The maximum absolute atomic E-state index is 11.9. The fourth-order valence-electron chi connectivity index (χ4n) is 2.04. The summed E-state index contributed by atoms with van der Waals surface area (Å²) in [6.07, 6.45) is 0. The van der Waals surface area contributed by atoms with Crippen LogP contribution in [-0.4, -0.2) is 12.6 Å². The lowest BCUT2D eigenvalue weighted by Crippen LogP contribution is -2.18. The zero-order valence-corrected chi connectivity index (χ0v) is 14.1. The molecule has 5 heteroatoms. The minimum absolute atomic E-state index is 0.177. The molecule has 116 valence electrons. The lowest BCUT2D eigenvalue weighted by molar-refractivity contribution is -0.136. The minimum atomic E-state index is -0.476. The first kappa shape index (κ1) is 16.7. The van der Waals surface area contributed by atoms with E-state index in [0.717, 1.165) is 16.7 Å². The van der Waals surface area contributed by atoms with Gasteiger partial charge in [-0.3, -0.25) is 0 Å². The van der Waals surface area contributed by atoms with E-state index in [1.54, 1.807) is 30.3 Å². The second-order valence-corrected chi connectivity index (χ2v) is 5.86. The van der Waals surface area contributed by atoms with Gasteiger partial charge in [0.05, 0.1) is 0 Å². The molecule has 0 spiro atoms. The SMILES string of the molecule is Cc1cc(Cl)ccc1OCC(=O)Oc1cc(C)c(Cl)c(C)c1. The van der Waals surface area contributed by atoms with Gasteiger partial charge in [-0.1, -0.05) is 23.2 Å². The van der Waals surface area contributed by atoms with Crippen molar-refractivity contribution in [2.45, 2.75) is 20.8 Å². The third-order valence-corrected chi connectivity index (χ3v) is 3.96. The molecule has 2 aromatic carbocycles. The highest BCUT2D eigenvalue weighted by Gasteiger charge is 2.10. The summed E-state index contributed by atoms with van der Waals surface area (Å²) in [4.78, 5) is 11.9. The topological polar surface area (TPSA) is 35.5 Å². The van der Waals surface area contributed by atoms with Crippen molar-refractivity contribution < 1.29 is 14.3 Å². The average Bonchev–Trinajstić information content (AvgIpc) is 2.43. The Hall–Kier alpha value is -1.71. The van der Waals surface area contributed by atoms with Gasteiger partial charge in [-0.2, -0.15) is 0 Å². The van der Waals surface area contributed by atoms with Crippen molar-refractivity contribution in [3.8, 4) is 11.5 Å². The first-order valence-electron chi connectivity index (χ1n) is 6.73. The van der Waals surface area contributed by atoms with Gasteiger partial charge >= 0.3 is 5.97 Å². The van der Waals surface area contributed by atoms with Crippen molar-refractivity contribution in [3.63, 3.8) is 0 Å². The highest BCUT2D eigenvalue weighted by atomic mass is 35.5. The number of hydrogen-bond donors (Lipinski definition) is 0. The van der Waals surface area contributed by atoms with E-state index in [2.05, 4.69) is 0 Å². The van der Waals surface area contributed by atoms with Crippen LogP contribution < -0.4 is 9.47 Å². The Kier molecular flexibility index (Phi) is 5.33. The summed E-state index contributed by atoms with van der Waals surface area (Å²) in [5.41, 5.74) is 2.58. The van der Waals surface area contributed by atoms with Gasteiger partial charge in [0.25, 0.3) is 0 Å². The van der Waals surface area contributed by atoms with E-state index in [0.29, 0.717) is 21.5 Å². The van der Waals surface area contributed by atoms with Gasteiger partial charge < -0.3 is 9.47 Å². The number of rotatable bonds is 4. The van der Waals surface area contributed by atoms with E-state index in [-0.39, 0.29) is 6.61 Å². The van der Waals surface area contributed by atoms with E-state index in [1.807, 2.05) is 20.8 Å². The standard InChI is InChI=1S/C17H16Cl2O3/c1-10-6-13(18)4-5-15(10)21-9-16(20)22-14-7-11(2)17(19)12(3)8-14/h4-8H,9H2,1-3H3. The molecule has 2 rings (SSSR count). The van der Waals surface area contributed by atoms with Crippen LogP contribution in [0.15, 0.2) is 30.3 Å². The van der Waals surface area contributed by atoms with Crippen LogP contribution in [0, 0.1) is 20.8 Å². The molecule has 0 aromatic heterocycles. The van der Waals surface area contributed by atoms with E-state index in [4.69, 9.17) is 32.7 Å². The zero-order chi connectivity index (χ0) is 16.3. The summed E-state index contributed by atoms with van der Waals surface area (Å²) in [6, 6.07) is 8.65. The summed E-state index contributed by atoms with van der Waals surface area (Å²) >= 11 is 12.0. The Morgan fingerprint density at radius 2 is 1.64 bits per heavy atom. The van der Waals surface area contributed by atoms with Crippen molar-refractivity contribution >= 4 is 29.2 Å². The second kappa shape index (κ2) is 7.03. The molecular weight excluding hydrogens is 323 g/mol. The van der Waals surface area contributed by atoms with Crippen molar-refractivity contribution in [1.29, 1.82) is 0 Å². The maximum atomic E-state index is 11.9. The molecule has 3 nitrogen and oxygen atoms in total. The molecule has 0 atom stereocenters. The van der Waals surface area contributed by atoms with Crippen molar-refractivity contribution in [1.82, 2.24) is 0 Å². The molecule has 0 bridgehead atoms. The number of halogens is 2. The molecule has 0 amide bonds. The van der Waals surface area contributed by atoms with Crippen LogP contribution >= 0.6 is 23.2 Å². The largest absolute Gasteiger partial charge is 0.482 e. The van der Waals surface area contributed by atoms with Crippen LogP contribution in [-0.2, 0) is 4.79 Å². The molecule has 2 aromatic rings. The fourth-order valence-corrected chi connectivity index (χ4v) is 2.37. The van der Waals surface area contributed by atoms with Crippen LogP contribution in [0.3, 0.4) is 0 Å². The van der Waals surface area contributed by atoms with Gasteiger partial charge in [0.15, 0.2) is 6.61 Å². The predicted octanol–water partition coefficient (Wildman–Crippen LogP) is 4.90. The first-order valence-corrected chi connectivity index (χ1v) is 7.49. The number of carbonyl (C=O) groups excluding carboxylic acids is 1. The molecule has 0 heterocycles. The quantitative estimate of drug-likeness (QED) is 0.587. The Morgan fingerprint density at radius 1 is 1.00 bits per heavy atom. The molecule has 0 aliphatic rings. The van der Waals surface area contributed by atoms with Crippen LogP contribution in [0.4, 0.5) is 0 Å². The van der Waals surface area contributed by atoms with Gasteiger partial charge in [-0.05, 0) is 67.8 Å². The molecule has 0 N–H and O–H groups in total. The minimum Gasteiger partial charge on any atom is -0.482 e. The Morgan fingerprint density at radius 3 is 2.23 bits per heavy atom. The van der Waals surface area contributed by atoms with E-state index >= 15 is 0 Å². The Labute approximate surface area is 139 Å². The van der Waals surface area contributed by atoms with Gasteiger partial charge in [0, 0.05) is 10.0 Å². The van der Waals surface area contributed by atoms with E-state index < -0.39 is 5.97 Å². The molecular formula is C17H16Cl2O3. The van der Waals surface area contributed by atoms with Crippen molar-refractivity contribution in [3.05, 3.63) is 57.1 Å². The van der Waals surface area contributed by atoms with E-state index in [9.17, 15) is 4.79 Å². The molecule has 0 radical (unpaired) electrons. The molecule has 0 aliphatic carbocycles. The fraction of sp³-hybridized carbons (Fsp3) is 0.235. The summed E-state index contributed by atoms with van der Waals surface area (Å²) in [7, 11) is 0. The molecule has 0 unspecified atom stereocenters. The number of esters is 1. The second-order valence-electron chi connectivity index (χ2n) is 5.04. The third kappa shape index (κ3) is 4.15. The monoisotopic (exact) mass is 338 g/mol. The molecule has 0 fully saturated rings. The van der Waals surface area contributed by atoms with Crippen LogP contribution in [0.1, 0.15) is 16.7 Å². The van der Waals surface area contributed by atoms with Gasteiger partial charge in [-0.15, -0.1) is 0 Å². The van der Waals surface area contributed by atoms with Gasteiger partial charge in [0.1, 0.15) is 11.5 Å². The van der Waals surface area contributed by atoms with Crippen LogP contribution in [0.2, 0.25) is 10.0 Å². The maximum Gasteiger partial charge on any atom is 0.349 e. The molecule has 22 heavy (non-hydrogen) atoms. The van der Waals surface area contributed by atoms with Gasteiger partial charge in [0.2, 0.25) is 0 Å². The smallest absolute Gasteiger partial charge is 0.349 e. The number of aryl methyl sites for hydroxylation is 3. The van der Waals surface area contributed by atoms with Crippen molar-refractivity contribution in [2.24, 2.45) is 0 Å². The van der Waals surface area contributed by atoms with Crippen molar-refractivity contribution in [2.75, 3.05) is 6.61 Å². The predicted molar refractivity (Wildman–Crippen MR) is 88.2 cm³/mol. The average molecular weight is 339 g/mol. The summed E-state index contributed by atoms with van der Waals surface area (Å²) in [5, 5.41) is 1.30. The lowest BCUT2D eigenvalue weighted by atomic mass is 10.1. The highest BCUT2D eigenvalue weighted by molar-refractivity contribution is 6.32. The molecule has 0 aliphatic heterocycles. The summed E-state index contributed by atoms with van der Waals surface area (Å²) < 4.78 is 10.7. The summed E-state index contributed by atoms with van der Waals surface area (Å²) in [6.45, 7) is 5.40. The van der Waals surface area contributed by atoms with Crippen LogP contribution in [0.25, 0.3) is 0 Å². The Balaban J connectivity index is 1.99. The lowest BCUT2D eigenvalue weighted by Gasteiger charge is -2.11. The highest BCUT2D eigenvalue weighted by Crippen LogP contribution is 2.26. The first-order chi connectivity index (χ1) is 10.4. The number of ether oxygens (including phenoxy) is 2. The zero-order valence-electron chi connectivity index (χ0n) is 12.6. The van der Waals surface area contributed by atoms with Gasteiger partial charge in [-0.25, -0.2) is 4.79 Å². The van der Waals surface area contributed by atoms with E-state index in [1.165, 1.54) is 0 Å². The number of carbonyl (C=O) groups is 1. The number of benzene rings is 2. The Bertz CT molecular complexity index is 688. The molecule has 0 saturated heterocycles.